The molecular weight excluding hydrogens is 146 g/mol. The summed E-state index contributed by atoms with van der Waals surface area (Å²) in [6, 6.07) is 0.741. The van der Waals surface area contributed by atoms with E-state index in [-0.39, 0.29) is 0 Å². The first-order valence-electron chi connectivity index (χ1n) is 5.56. The van der Waals surface area contributed by atoms with Gasteiger partial charge in [-0.1, -0.05) is 26.2 Å². The zero-order chi connectivity index (χ0) is 8.81. The van der Waals surface area contributed by atoms with Crippen molar-refractivity contribution < 1.29 is 0 Å². The lowest BCUT2D eigenvalue weighted by Gasteiger charge is -2.26. The second kappa shape index (κ2) is 5.58. The van der Waals surface area contributed by atoms with Crippen LogP contribution in [0.3, 0.4) is 0 Å². The van der Waals surface area contributed by atoms with E-state index in [1.807, 2.05) is 0 Å². The molecule has 12 heavy (non-hydrogen) atoms. The molecule has 0 heterocycles. The average Bonchev–Trinajstić information content (AvgIpc) is 1.98. The first kappa shape index (κ1) is 10.0. The quantitative estimate of drug-likeness (QED) is 0.644. The molecule has 0 aromatic carbocycles. The molecule has 1 unspecified atom stereocenters. The summed E-state index contributed by atoms with van der Waals surface area (Å²) in [5.41, 5.74) is 0. The van der Waals surface area contributed by atoms with Crippen LogP contribution in [0.1, 0.15) is 52.4 Å². The molecule has 1 rings (SSSR count). The second-order valence-corrected chi connectivity index (χ2v) is 4.23. The summed E-state index contributed by atoms with van der Waals surface area (Å²) in [6.45, 7) is 5.73. The molecule has 0 aromatic heterocycles. The molecule has 0 spiro atoms. The molecule has 1 aliphatic rings. The highest BCUT2D eigenvalue weighted by molar-refractivity contribution is 4.72. The van der Waals surface area contributed by atoms with Crippen LogP contribution >= 0.6 is 0 Å². The zero-order valence-electron chi connectivity index (χ0n) is 8.60. The molecule has 0 radical (unpaired) electrons. The van der Waals surface area contributed by atoms with Crippen LogP contribution in [0.2, 0.25) is 0 Å². The fourth-order valence-electron chi connectivity index (χ4n) is 1.76. The first-order valence-corrected chi connectivity index (χ1v) is 5.56. The fourth-order valence-corrected chi connectivity index (χ4v) is 1.76. The van der Waals surface area contributed by atoms with E-state index in [4.69, 9.17) is 0 Å². The summed E-state index contributed by atoms with van der Waals surface area (Å²) >= 11 is 0. The average molecular weight is 169 g/mol. The van der Waals surface area contributed by atoms with Crippen LogP contribution in [-0.2, 0) is 0 Å². The molecule has 1 aliphatic carbocycles. The molecule has 0 bridgehead atoms. The summed E-state index contributed by atoms with van der Waals surface area (Å²) < 4.78 is 0. The summed E-state index contributed by atoms with van der Waals surface area (Å²) in [7, 11) is 0. The van der Waals surface area contributed by atoms with Gasteiger partial charge in [0, 0.05) is 6.04 Å². The maximum atomic E-state index is 3.54. The summed E-state index contributed by atoms with van der Waals surface area (Å²) in [5.74, 6) is 1.08. The predicted molar refractivity (Wildman–Crippen MR) is 54.3 cm³/mol. The Hall–Kier alpha value is -0.0400. The van der Waals surface area contributed by atoms with Crippen LogP contribution in [0.15, 0.2) is 0 Å². The van der Waals surface area contributed by atoms with Crippen molar-refractivity contribution in [3.8, 4) is 0 Å². The molecule has 1 atom stereocenters. The van der Waals surface area contributed by atoms with Gasteiger partial charge < -0.3 is 5.32 Å². The molecule has 1 nitrogen and oxygen atoms in total. The third-order valence-corrected chi connectivity index (χ3v) is 2.98. The minimum atomic E-state index is 0.741. The van der Waals surface area contributed by atoms with Crippen molar-refractivity contribution in [1.29, 1.82) is 0 Å². The third-order valence-electron chi connectivity index (χ3n) is 2.98. The van der Waals surface area contributed by atoms with E-state index >= 15 is 0 Å². The minimum Gasteiger partial charge on any atom is -0.314 e. The summed E-state index contributed by atoms with van der Waals surface area (Å²) in [4.78, 5) is 0. The van der Waals surface area contributed by atoms with E-state index in [2.05, 4.69) is 19.2 Å². The summed E-state index contributed by atoms with van der Waals surface area (Å²) in [5, 5.41) is 3.54. The fraction of sp³-hybridized carbons (Fsp3) is 1.00. The van der Waals surface area contributed by atoms with E-state index in [1.165, 1.54) is 45.1 Å². The van der Waals surface area contributed by atoms with E-state index in [0.29, 0.717) is 0 Å². The summed E-state index contributed by atoms with van der Waals surface area (Å²) in [6.07, 6.45) is 8.58. The lowest BCUT2D eigenvalue weighted by atomic mass is 9.81. The van der Waals surface area contributed by atoms with Crippen LogP contribution in [0.5, 0.6) is 0 Å². The molecule has 0 saturated heterocycles. The van der Waals surface area contributed by atoms with Gasteiger partial charge in [-0.05, 0) is 38.6 Å². The molecule has 1 heteroatoms. The largest absolute Gasteiger partial charge is 0.314 e. The molecule has 1 N–H and O–H groups in total. The highest BCUT2D eigenvalue weighted by atomic mass is 14.9. The molecule has 0 aromatic rings. The van der Waals surface area contributed by atoms with E-state index in [1.54, 1.807) is 0 Å². The lowest BCUT2D eigenvalue weighted by molar-refractivity contribution is 0.277. The molecule has 72 valence electrons. The highest BCUT2D eigenvalue weighted by Crippen LogP contribution is 2.30. The number of hydrogen-bond donors (Lipinski definition) is 1. The molecule has 0 amide bonds. The maximum absolute atomic E-state index is 3.54. The van der Waals surface area contributed by atoms with Crippen LogP contribution < -0.4 is 5.32 Å². The number of rotatable bonds is 6. The molecule has 0 aliphatic heterocycles. The van der Waals surface area contributed by atoms with E-state index in [9.17, 15) is 0 Å². The maximum Gasteiger partial charge on any atom is 0.00388 e. The van der Waals surface area contributed by atoms with Gasteiger partial charge in [0.05, 0.1) is 0 Å². The van der Waals surface area contributed by atoms with Gasteiger partial charge in [-0.2, -0.15) is 0 Å². The normalized spacial score (nSPS) is 20.5. The zero-order valence-corrected chi connectivity index (χ0v) is 8.60. The predicted octanol–water partition coefficient (Wildman–Crippen LogP) is 2.95. The Labute approximate surface area is 76.9 Å². The molecule has 1 fully saturated rings. The van der Waals surface area contributed by atoms with Gasteiger partial charge in [0.15, 0.2) is 0 Å². The van der Waals surface area contributed by atoms with Gasteiger partial charge in [0.2, 0.25) is 0 Å². The molecule has 1 saturated carbocycles. The van der Waals surface area contributed by atoms with Crippen molar-refractivity contribution in [2.24, 2.45) is 5.92 Å². The SMILES string of the molecule is CCCNC(C)CCC1CCC1. The Morgan fingerprint density at radius 3 is 2.67 bits per heavy atom. The smallest absolute Gasteiger partial charge is 0.00388 e. The van der Waals surface area contributed by atoms with Crippen LogP contribution in [0.25, 0.3) is 0 Å². The standard InChI is InChI=1S/C11H23N/c1-3-9-12-10(2)7-8-11-5-4-6-11/h10-12H,3-9H2,1-2H3. The van der Waals surface area contributed by atoms with Gasteiger partial charge in [0.1, 0.15) is 0 Å². The van der Waals surface area contributed by atoms with Crippen molar-refractivity contribution in [2.45, 2.75) is 58.4 Å². The Balaban J connectivity index is 1.90. The van der Waals surface area contributed by atoms with E-state index < -0.39 is 0 Å². The van der Waals surface area contributed by atoms with Crippen LogP contribution in [0, 0.1) is 5.92 Å². The number of nitrogens with one attached hydrogen (secondary N) is 1. The Morgan fingerprint density at radius 2 is 2.17 bits per heavy atom. The van der Waals surface area contributed by atoms with Gasteiger partial charge in [0.25, 0.3) is 0 Å². The highest BCUT2D eigenvalue weighted by Gasteiger charge is 2.17. The Bertz CT molecular complexity index is 108. The van der Waals surface area contributed by atoms with Crippen molar-refractivity contribution in [1.82, 2.24) is 5.32 Å². The second-order valence-electron chi connectivity index (χ2n) is 4.23. The van der Waals surface area contributed by atoms with Crippen LogP contribution in [-0.4, -0.2) is 12.6 Å². The Morgan fingerprint density at radius 1 is 1.42 bits per heavy atom. The van der Waals surface area contributed by atoms with Gasteiger partial charge in [-0.25, -0.2) is 0 Å². The van der Waals surface area contributed by atoms with Crippen molar-refractivity contribution in [2.75, 3.05) is 6.54 Å². The molecular formula is C11H23N. The first-order chi connectivity index (χ1) is 5.83. The van der Waals surface area contributed by atoms with Gasteiger partial charge in [-0.15, -0.1) is 0 Å². The monoisotopic (exact) mass is 169 g/mol. The topological polar surface area (TPSA) is 12.0 Å². The lowest BCUT2D eigenvalue weighted by Crippen LogP contribution is -2.27. The van der Waals surface area contributed by atoms with Crippen molar-refractivity contribution in [3.05, 3.63) is 0 Å². The third kappa shape index (κ3) is 3.57. The minimum absolute atomic E-state index is 0.741. The van der Waals surface area contributed by atoms with Gasteiger partial charge >= 0.3 is 0 Å². The van der Waals surface area contributed by atoms with Gasteiger partial charge in [-0.3, -0.25) is 0 Å². The van der Waals surface area contributed by atoms with Crippen LogP contribution in [0.4, 0.5) is 0 Å². The van der Waals surface area contributed by atoms with E-state index in [0.717, 1.165) is 12.0 Å². The van der Waals surface area contributed by atoms with Crippen molar-refractivity contribution >= 4 is 0 Å². The number of hydrogen-bond acceptors (Lipinski definition) is 1. The van der Waals surface area contributed by atoms with Crippen molar-refractivity contribution in [3.63, 3.8) is 0 Å². The Kier molecular flexibility index (Phi) is 4.67.